The molecule has 1 saturated heterocycles. The Morgan fingerprint density at radius 1 is 1.17 bits per heavy atom. The average Bonchev–Trinajstić information content (AvgIpc) is 2.56. The van der Waals surface area contributed by atoms with Gasteiger partial charge in [0, 0.05) is 55.5 Å². The monoisotopic (exact) mass is 319 g/mol. The van der Waals surface area contributed by atoms with Crippen molar-refractivity contribution in [2.24, 2.45) is 0 Å². The van der Waals surface area contributed by atoms with E-state index in [2.05, 4.69) is 35.2 Å². The molecule has 0 aromatic heterocycles. The standard InChI is InChI=1S/C18H29N3O2/c1-13-17-15(5-6-19-13)18(23-4)14(11-16(17)22-3)12-21-9-7-20(2)8-10-21/h11,13,19H,5-10,12H2,1-4H3. The van der Waals surface area contributed by atoms with Gasteiger partial charge in [-0.05, 0) is 33.0 Å². The van der Waals surface area contributed by atoms with E-state index in [-0.39, 0.29) is 0 Å². The molecule has 1 N–H and O–H groups in total. The molecule has 128 valence electrons. The molecule has 1 fully saturated rings. The lowest BCUT2D eigenvalue weighted by Gasteiger charge is -2.34. The van der Waals surface area contributed by atoms with Gasteiger partial charge in [0.15, 0.2) is 0 Å². The minimum absolute atomic E-state index is 0.306. The van der Waals surface area contributed by atoms with E-state index in [1.54, 1.807) is 14.2 Å². The summed E-state index contributed by atoms with van der Waals surface area (Å²) in [6, 6.07) is 2.49. The molecule has 1 atom stereocenters. The lowest BCUT2D eigenvalue weighted by atomic mass is 9.90. The lowest BCUT2D eigenvalue weighted by Crippen LogP contribution is -2.44. The summed E-state index contributed by atoms with van der Waals surface area (Å²) in [6.07, 6.45) is 0.996. The maximum atomic E-state index is 5.83. The Labute approximate surface area is 139 Å². The number of rotatable bonds is 4. The summed E-state index contributed by atoms with van der Waals surface area (Å²) in [7, 11) is 5.75. The number of hydrogen-bond acceptors (Lipinski definition) is 5. The van der Waals surface area contributed by atoms with Crippen molar-refractivity contribution in [2.45, 2.75) is 25.9 Å². The molecule has 5 nitrogen and oxygen atoms in total. The maximum absolute atomic E-state index is 5.83. The van der Waals surface area contributed by atoms with Crippen molar-refractivity contribution in [1.29, 1.82) is 0 Å². The third-order valence-corrected chi connectivity index (χ3v) is 5.13. The maximum Gasteiger partial charge on any atom is 0.127 e. The van der Waals surface area contributed by atoms with Crippen LogP contribution in [0.4, 0.5) is 0 Å². The summed E-state index contributed by atoms with van der Waals surface area (Å²) in [5.41, 5.74) is 3.83. The van der Waals surface area contributed by atoms with E-state index in [1.165, 1.54) is 16.7 Å². The fourth-order valence-electron chi connectivity index (χ4n) is 3.79. The van der Waals surface area contributed by atoms with E-state index in [1.807, 2.05) is 0 Å². The van der Waals surface area contributed by atoms with E-state index in [4.69, 9.17) is 9.47 Å². The van der Waals surface area contributed by atoms with Gasteiger partial charge in [-0.2, -0.15) is 0 Å². The summed E-state index contributed by atoms with van der Waals surface area (Å²) in [5, 5.41) is 3.52. The number of nitrogens with zero attached hydrogens (tertiary/aromatic N) is 2. The van der Waals surface area contributed by atoms with Crippen LogP contribution < -0.4 is 14.8 Å². The van der Waals surface area contributed by atoms with Crippen molar-refractivity contribution < 1.29 is 9.47 Å². The van der Waals surface area contributed by atoms with E-state index < -0.39 is 0 Å². The molecule has 1 aromatic carbocycles. The molecule has 23 heavy (non-hydrogen) atoms. The predicted octanol–water partition coefficient (Wildman–Crippen LogP) is 1.66. The van der Waals surface area contributed by atoms with Gasteiger partial charge in [-0.1, -0.05) is 0 Å². The fourth-order valence-corrected chi connectivity index (χ4v) is 3.79. The topological polar surface area (TPSA) is 37.0 Å². The van der Waals surface area contributed by atoms with Gasteiger partial charge in [0.2, 0.25) is 0 Å². The Kier molecular flexibility index (Phi) is 5.09. The number of piperazine rings is 1. The first-order valence-corrected chi connectivity index (χ1v) is 8.55. The number of hydrogen-bond donors (Lipinski definition) is 1. The minimum Gasteiger partial charge on any atom is -0.496 e. The molecule has 3 rings (SSSR count). The highest BCUT2D eigenvalue weighted by Gasteiger charge is 2.27. The Bertz CT molecular complexity index is 554. The lowest BCUT2D eigenvalue weighted by molar-refractivity contribution is 0.147. The molecule has 0 saturated carbocycles. The van der Waals surface area contributed by atoms with Gasteiger partial charge < -0.3 is 19.7 Å². The van der Waals surface area contributed by atoms with Crippen LogP contribution in [0.5, 0.6) is 11.5 Å². The van der Waals surface area contributed by atoms with Gasteiger partial charge in [0.25, 0.3) is 0 Å². The Hall–Kier alpha value is -1.30. The van der Waals surface area contributed by atoms with Crippen molar-refractivity contribution in [1.82, 2.24) is 15.1 Å². The molecule has 0 spiro atoms. The van der Waals surface area contributed by atoms with Gasteiger partial charge in [-0.25, -0.2) is 0 Å². The van der Waals surface area contributed by atoms with Crippen LogP contribution in [0.15, 0.2) is 6.07 Å². The Morgan fingerprint density at radius 3 is 2.57 bits per heavy atom. The zero-order chi connectivity index (χ0) is 16.4. The molecular formula is C18H29N3O2. The summed E-state index contributed by atoms with van der Waals surface area (Å²) < 4.78 is 11.5. The summed E-state index contributed by atoms with van der Waals surface area (Å²) in [5.74, 6) is 2.05. The number of fused-ring (bicyclic) bond motifs is 1. The number of methoxy groups -OCH3 is 2. The highest BCUT2D eigenvalue weighted by molar-refractivity contribution is 5.56. The van der Waals surface area contributed by atoms with Crippen LogP contribution in [0.3, 0.4) is 0 Å². The van der Waals surface area contributed by atoms with Gasteiger partial charge in [-0.15, -0.1) is 0 Å². The van der Waals surface area contributed by atoms with Crippen LogP contribution in [0.2, 0.25) is 0 Å². The third-order valence-electron chi connectivity index (χ3n) is 5.13. The molecule has 5 heteroatoms. The highest BCUT2D eigenvalue weighted by atomic mass is 16.5. The van der Waals surface area contributed by atoms with Crippen LogP contribution in [0, 0.1) is 0 Å². The van der Waals surface area contributed by atoms with Crippen LogP contribution >= 0.6 is 0 Å². The van der Waals surface area contributed by atoms with E-state index in [0.717, 1.165) is 57.2 Å². The van der Waals surface area contributed by atoms with Crippen LogP contribution in [-0.2, 0) is 13.0 Å². The second kappa shape index (κ2) is 7.07. The van der Waals surface area contributed by atoms with Gasteiger partial charge in [0.05, 0.1) is 14.2 Å². The molecule has 2 heterocycles. The smallest absolute Gasteiger partial charge is 0.127 e. The molecular weight excluding hydrogens is 290 g/mol. The molecule has 2 aliphatic rings. The zero-order valence-electron chi connectivity index (χ0n) is 14.8. The van der Waals surface area contributed by atoms with Gasteiger partial charge in [-0.3, -0.25) is 4.90 Å². The van der Waals surface area contributed by atoms with Crippen LogP contribution in [0.1, 0.15) is 29.7 Å². The average molecular weight is 319 g/mol. The summed E-state index contributed by atoms with van der Waals surface area (Å²) in [6.45, 7) is 8.60. The minimum atomic E-state index is 0.306. The second-order valence-electron chi connectivity index (χ2n) is 6.67. The molecule has 0 radical (unpaired) electrons. The quantitative estimate of drug-likeness (QED) is 0.913. The number of likely N-dealkylation sites (N-methyl/N-ethyl adjacent to an activating group) is 1. The van der Waals surface area contributed by atoms with E-state index in [0.29, 0.717) is 6.04 Å². The van der Waals surface area contributed by atoms with Gasteiger partial charge >= 0.3 is 0 Å². The molecule has 1 unspecified atom stereocenters. The molecule has 0 aliphatic carbocycles. The summed E-state index contributed by atoms with van der Waals surface area (Å²) >= 11 is 0. The molecule has 0 bridgehead atoms. The SMILES string of the molecule is COc1cc(CN2CCN(C)CC2)c(OC)c2c1C(C)NCC2. The van der Waals surface area contributed by atoms with Crippen LogP contribution in [-0.4, -0.2) is 63.8 Å². The molecule has 2 aliphatic heterocycles. The molecule has 0 amide bonds. The van der Waals surface area contributed by atoms with E-state index >= 15 is 0 Å². The van der Waals surface area contributed by atoms with Crippen LogP contribution in [0.25, 0.3) is 0 Å². The van der Waals surface area contributed by atoms with Crippen molar-refractivity contribution in [3.05, 3.63) is 22.8 Å². The fraction of sp³-hybridized carbons (Fsp3) is 0.667. The van der Waals surface area contributed by atoms with E-state index in [9.17, 15) is 0 Å². The van der Waals surface area contributed by atoms with Crippen molar-refractivity contribution in [3.63, 3.8) is 0 Å². The van der Waals surface area contributed by atoms with Crippen molar-refractivity contribution in [3.8, 4) is 11.5 Å². The zero-order valence-corrected chi connectivity index (χ0v) is 14.8. The predicted molar refractivity (Wildman–Crippen MR) is 92.4 cm³/mol. The second-order valence-corrected chi connectivity index (χ2v) is 6.67. The summed E-state index contributed by atoms with van der Waals surface area (Å²) in [4.78, 5) is 4.89. The number of benzene rings is 1. The van der Waals surface area contributed by atoms with Gasteiger partial charge in [0.1, 0.15) is 11.5 Å². The Balaban J connectivity index is 1.93. The number of ether oxygens (including phenoxy) is 2. The molecule has 1 aromatic rings. The first-order valence-electron chi connectivity index (χ1n) is 8.55. The number of nitrogens with one attached hydrogen (secondary N) is 1. The first kappa shape index (κ1) is 16.6. The third kappa shape index (κ3) is 3.32. The largest absolute Gasteiger partial charge is 0.496 e. The van der Waals surface area contributed by atoms with Crippen molar-refractivity contribution >= 4 is 0 Å². The normalized spacial score (nSPS) is 22.7. The first-order chi connectivity index (χ1) is 11.1. The van der Waals surface area contributed by atoms with Crippen molar-refractivity contribution in [2.75, 3.05) is 54.0 Å². The Morgan fingerprint density at radius 2 is 1.91 bits per heavy atom. The highest BCUT2D eigenvalue weighted by Crippen LogP contribution is 2.40.